The van der Waals surface area contributed by atoms with Gasteiger partial charge in [0, 0.05) is 43.5 Å². The minimum atomic E-state index is -0.259. The second kappa shape index (κ2) is 7.96. The summed E-state index contributed by atoms with van der Waals surface area (Å²) in [6.07, 6.45) is 1.52. The number of anilines is 1. The number of halogens is 1. The Bertz CT molecular complexity index is 579. The smallest absolute Gasteiger partial charge is 0.251 e. The molecular formula is C17H22ClN3O3. The highest BCUT2D eigenvalue weighted by Crippen LogP contribution is 2.16. The predicted octanol–water partition coefficient (Wildman–Crippen LogP) is 1.60. The molecule has 0 radical (unpaired) electrons. The van der Waals surface area contributed by atoms with Gasteiger partial charge in [0.05, 0.1) is 6.54 Å². The van der Waals surface area contributed by atoms with E-state index in [0.29, 0.717) is 44.4 Å². The second-order valence-corrected chi connectivity index (χ2v) is 6.59. The van der Waals surface area contributed by atoms with E-state index in [1.807, 2.05) is 4.90 Å². The minimum Gasteiger partial charge on any atom is -0.368 e. The third kappa shape index (κ3) is 4.47. The maximum absolute atomic E-state index is 12.3. The lowest BCUT2D eigenvalue weighted by Crippen LogP contribution is -2.52. The standard InChI is InChI=1S/C17H22ClN3O3/c18-13-3-5-14(6-4-13)19-16(22)12-20-7-9-21(10-8-20)17(23)15-2-1-11-24-15/h3-6,15H,1-2,7-12H2,(H,19,22)/t15-/m0/s1. The Morgan fingerprint density at radius 3 is 2.50 bits per heavy atom. The van der Waals surface area contributed by atoms with E-state index in [9.17, 15) is 9.59 Å². The monoisotopic (exact) mass is 351 g/mol. The predicted molar refractivity (Wildman–Crippen MR) is 92.1 cm³/mol. The molecule has 2 amide bonds. The number of rotatable bonds is 4. The molecule has 0 unspecified atom stereocenters. The molecule has 2 aliphatic rings. The van der Waals surface area contributed by atoms with E-state index >= 15 is 0 Å². The summed E-state index contributed by atoms with van der Waals surface area (Å²) in [6.45, 7) is 3.70. The van der Waals surface area contributed by atoms with Crippen molar-refractivity contribution in [2.45, 2.75) is 18.9 Å². The molecule has 0 saturated carbocycles. The number of hydrogen-bond donors (Lipinski definition) is 1. The maximum atomic E-state index is 12.3. The van der Waals surface area contributed by atoms with Gasteiger partial charge in [-0.3, -0.25) is 14.5 Å². The maximum Gasteiger partial charge on any atom is 0.251 e. The number of hydrogen-bond acceptors (Lipinski definition) is 4. The SMILES string of the molecule is O=C(CN1CCN(C(=O)[C@@H]2CCCO2)CC1)Nc1ccc(Cl)cc1. The lowest BCUT2D eigenvalue weighted by atomic mass is 10.2. The highest BCUT2D eigenvalue weighted by molar-refractivity contribution is 6.30. The second-order valence-electron chi connectivity index (χ2n) is 6.16. The molecule has 2 fully saturated rings. The lowest BCUT2D eigenvalue weighted by molar-refractivity contribution is -0.142. The Morgan fingerprint density at radius 1 is 1.17 bits per heavy atom. The van der Waals surface area contributed by atoms with Crippen molar-refractivity contribution in [1.82, 2.24) is 9.80 Å². The molecule has 2 heterocycles. The van der Waals surface area contributed by atoms with Gasteiger partial charge in [-0.15, -0.1) is 0 Å². The van der Waals surface area contributed by atoms with Crippen molar-refractivity contribution in [2.75, 3.05) is 44.6 Å². The van der Waals surface area contributed by atoms with Crippen LogP contribution in [0.15, 0.2) is 24.3 Å². The Kier molecular flexibility index (Phi) is 5.71. The number of piperazine rings is 1. The third-order valence-corrected chi connectivity index (χ3v) is 4.64. The summed E-state index contributed by atoms with van der Waals surface area (Å²) in [5.41, 5.74) is 0.733. The van der Waals surface area contributed by atoms with Gasteiger partial charge in [0.25, 0.3) is 5.91 Å². The van der Waals surface area contributed by atoms with Crippen LogP contribution in [0.5, 0.6) is 0 Å². The molecule has 0 spiro atoms. The van der Waals surface area contributed by atoms with Crippen LogP contribution >= 0.6 is 11.6 Å². The van der Waals surface area contributed by atoms with Crippen LogP contribution in [0, 0.1) is 0 Å². The van der Waals surface area contributed by atoms with Crippen molar-refractivity contribution in [3.8, 4) is 0 Å². The van der Waals surface area contributed by atoms with Crippen molar-refractivity contribution in [3.63, 3.8) is 0 Å². The fourth-order valence-electron chi connectivity index (χ4n) is 3.04. The normalized spacial score (nSPS) is 21.7. The number of amides is 2. The molecule has 0 aromatic heterocycles. The molecule has 130 valence electrons. The molecule has 1 aromatic rings. The number of carbonyl (C=O) groups excluding carboxylic acids is 2. The molecule has 0 aliphatic carbocycles. The van der Waals surface area contributed by atoms with E-state index in [2.05, 4.69) is 10.2 Å². The van der Waals surface area contributed by atoms with Gasteiger partial charge in [-0.25, -0.2) is 0 Å². The molecule has 1 atom stereocenters. The topological polar surface area (TPSA) is 61.9 Å². The molecule has 6 nitrogen and oxygen atoms in total. The fraction of sp³-hybridized carbons (Fsp3) is 0.529. The average molecular weight is 352 g/mol. The number of nitrogens with zero attached hydrogens (tertiary/aromatic N) is 2. The first-order chi connectivity index (χ1) is 11.6. The van der Waals surface area contributed by atoms with Crippen molar-refractivity contribution in [2.24, 2.45) is 0 Å². The summed E-state index contributed by atoms with van der Waals surface area (Å²) in [5.74, 6) is 0.0361. The molecule has 24 heavy (non-hydrogen) atoms. The Labute approximate surface area is 146 Å². The number of carbonyl (C=O) groups is 2. The third-order valence-electron chi connectivity index (χ3n) is 4.38. The molecule has 7 heteroatoms. The quantitative estimate of drug-likeness (QED) is 0.895. The van der Waals surface area contributed by atoms with E-state index in [1.54, 1.807) is 24.3 Å². The van der Waals surface area contributed by atoms with Gasteiger partial charge in [0.1, 0.15) is 6.10 Å². The minimum absolute atomic E-state index is 0.0591. The summed E-state index contributed by atoms with van der Waals surface area (Å²) in [4.78, 5) is 28.3. The molecule has 2 aliphatic heterocycles. The summed E-state index contributed by atoms with van der Waals surface area (Å²) in [5, 5.41) is 3.49. The largest absolute Gasteiger partial charge is 0.368 e. The van der Waals surface area contributed by atoms with Crippen molar-refractivity contribution in [1.29, 1.82) is 0 Å². The van der Waals surface area contributed by atoms with Gasteiger partial charge >= 0.3 is 0 Å². The van der Waals surface area contributed by atoms with Gasteiger partial charge in [0.15, 0.2) is 0 Å². The van der Waals surface area contributed by atoms with E-state index in [1.165, 1.54) is 0 Å². The molecule has 2 saturated heterocycles. The highest BCUT2D eigenvalue weighted by Gasteiger charge is 2.30. The fourth-order valence-corrected chi connectivity index (χ4v) is 3.17. The van der Waals surface area contributed by atoms with Crippen LogP contribution in [0.1, 0.15) is 12.8 Å². The van der Waals surface area contributed by atoms with E-state index in [4.69, 9.17) is 16.3 Å². The van der Waals surface area contributed by atoms with Crippen LogP contribution in [0.3, 0.4) is 0 Å². The van der Waals surface area contributed by atoms with Crippen LogP contribution in [0.4, 0.5) is 5.69 Å². The van der Waals surface area contributed by atoms with Crippen LogP contribution in [0.2, 0.25) is 5.02 Å². The zero-order chi connectivity index (χ0) is 16.9. The Morgan fingerprint density at radius 2 is 1.88 bits per heavy atom. The van der Waals surface area contributed by atoms with Gasteiger partial charge in [-0.1, -0.05) is 11.6 Å². The molecule has 0 bridgehead atoms. The van der Waals surface area contributed by atoms with Crippen molar-refractivity contribution >= 4 is 29.1 Å². The van der Waals surface area contributed by atoms with Gasteiger partial charge in [-0.2, -0.15) is 0 Å². The summed E-state index contributed by atoms with van der Waals surface area (Å²) in [7, 11) is 0. The highest BCUT2D eigenvalue weighted by atomic mass is 35.5. The number of benzene rings is 1. The first kappa shape index (κ1) is 17.2. The zero-order valence-electron chi connectivity index (χ0n) is 13.5. The van der Waals surface area contributed by atoms with Crippen molar-refractivity contribution in [3.05, 3.63) is 29.3 Å². The van der Waals surface area contributed by atoms with Gasteiger partial charge < -0.3 is 15.0 Å². The van der Waals surface area contributed by atoms with Gasteiger partial charge in [-0.05, 0) is 37.1 Å². The number of nitrogens with one attached hydrogen (secondary N) is 1. The van der Waals surface area contributed by atoms with Gasteiger partial charge in [0.2, 0.25) is 5.91 Å². The molecular weight excluding hydrogens is 330 g/mol. The first-order valence-electron chi connectivity index (χ1n) is 8.30. The summed E-state index contributed by atoms with van der Waals surface area (Å²) >= 11 is 5.83. The lowest BCUT2D eigenvalue weighted by Gasteiger charge is -2.35. The Balaban J connectivity index is 1.42. The van der Waals surface area contributed by atoms with Crippen LogP contribution < -0.4 is 5.32 Å². The van der Waals surface area contributed by atoms with Crippen LogP contribution in [-0.2, 0) is 14.3 Å². The average Bonchev–Trinajstić information content (AvgIpc) is 3.11. The van der Waals surface area contributed by atoms with E-state index < -0.39 is 0 Å². The Hall–Kier alpha value is -1.63. The van der Waals surface area contributed by atoms with Crippen LogP contribution in [-0.4, -0.2) is 67.0 Å². The van der Waals surface area contributed by atoms with E-state index in [0.717, 1.165) is 18.5 Å². The van der Waals surface area contributed by atoms with Crippen molar-refractivity contribution < 1.29 is 14.3 Å². The number of ether oxygens (including phenoxy) is 1. The first-order valence-corrected chi connectivity index (χ1v) is 8.68. The van der Waals surface area contributed by atoms with Crippen LogP contribution in [0.25, 0.3) is 0 Å². The van der Waals surface area contributed by atoms with E-state index in [-0.39, 0.29) is 17.9 Å². The molecule has 1 aromatic carbocycles. The molecule has 3 rings (SSSR count). The zero-order valence-corrected chi connectivity index (χ0v) is 14.3. The molecule has 1 N–H and O–H groups in total. The summed E-state index contributed by atoms with van der Waals surface area (Å²) in [6, 6.07) is 7.04. The summed E-state index contributed by atoms with van der Waals surface area (Å²) < 4.78 is 5.46.